The van der Waals surface area contributed by atoms with E-state index in [9.17, 15) is 0 Å². The molecule has 0 radical (unpaired) electrons. The van der Waals surface area contributed by atoms with Gasteiger partial charge < -0.3 is 9.88 Å². The Morgan fingerprint density at radius 2 is 2.12 bits per heavy atom. The first-order chi connectivity index (χ1) is 8.25. The summed E-state index contributed by atoms with van der Waals surface area (Å²) in [7, 11) is 0. The van der Waals surface area contributed by atoms with Crippen LogP contribution in [0.15, 0.2) is 18.3 Å². The van der Waals surface area contributed by atoms with E-state index in [0.29, 0.717) is 0 Å². The Morgan fingerprint density at radius 3 is 2.82 bits per heavy atom. The first-order valence-corrected chi connectivity index (χ1v) is 7.10. The van der Waals surface area contributed by atoms with Crippen LogP contribution in [-0.2, 0) is 13.1 Å². The Morgan fingerprint density at radius 1 is 1.35 bits per heavy atom. The quantitative estimate of drug-likeness (QED) is 0.798. The van der Waals surface area contributed by atoms with Crippen molar-refractivity contribution in [1.82, 2.24) is 9.88 Å². The van der Waals surface area contributed by atoms with Crippen molar-refractivity contribution in [2.45, 2.75) is 52.6 Å². The van der Waals surface area contributed by atoms with Gasteiger partial charge in [0, 0.05) is 25.0 Å². The van der Waals surface area contributed by atoms with Crippen molar-refractivity contribution >= 4 is 0 Å². The number of hydrogen-bond donors (Lipinski definition) is 1. The highest BCUT2D eigenvalue weighted by molar-refractivity contribution is 5.07. The molecule has 1 aliphatic rings. The predicted octanol–water partition coefficient (Wildman–Crippen LogP) is 3.42. The second kappa shape index (κ2) is 6.25. The van der Waals surface area contributed by atoms with Crippen LogP contribution in [0.25, 0.3) is 0 Å². The lowest BCUT2D eigenvalue weighted by Gasteiger charge is -2.15. The van der Waals surface area contributed by atoms with Crippen LogP contribution in [-0.4, -0.2) is 11.1 Å². The first kappa shape index (κ1) is 12.7. The molecule has 17 heavy (non-hydrogen) atoms. The summed E-state index contributed by atoms with van der Waals surface area (Å²) in [4.78, 5) is 0. The van der Waals surface area contributed by atoms with Crippen molar-refractivity contribution in [2.75, 3.05) is 6.54 Å². The van der Waals surface area contributed by atoms with Crippen LogP contribution in [0.2, 0.25) is 0 Å². The van der Waals surface area contributed by atoms with Crippen molar-refractivity contribution in [1.29, 1.82) is 0 Å². The molecule has 0 aliphatic heterocycles. The summed E-state index contributed by atoms with van der Waals surface area (Å²) in [5.41, 5.74) is 1.44. The van der Waals surface area contributed by atoms with E-state index in [2.05, 4.69) is 42.1 Å². The summed E-state index contributed by atoms with van der Waals surface area (Å²) in [6, 6.07) is 4.43. The van der Waals surface area contributed by atoms with Crippen LogP contribution in [0, 0.1) is 11.8 Å². The topological polar surface area (TPSA) is 17.0 Å². The van der Waals surface area contributed by atoms with Gasteiger partial charge in [-0.05, 0) is 43.4 Å². The van der Waals surface area contributed by atoms with Crippen molar-refractivity contribution in [2.24, 2.45) is 11.8 Å². The molecule has 0 bridgehead atoms. The molecule has 0 atom stereocenters. The molecule has 0 saturated heterocycles. The number of aromatic nitrogens is 1. The molecule has 2 nitrogen and oxygen atoms in total. The maximum atomic E-state index is 3.53. The smallest absolute Gasteiger partial charge is 0.0359 e. The molecule has 0 amide bonds. The summed E-state index contributed by atoms with van der Waals surface area (Å²) in [5.74, 6) is 1.65. The van der Waals surface area contributed by atoms with E-state index in [1.54, 1.807) is 0 Å². The Bertz CT molecular complexity index is 321. The highest BCUT2D eigenvalue weighted by atomic mass is 15.0. The van der Waals surface area contributed by atoms with Gasteiger partial charge in [-0.25, -0.2) is 0 Å². The molecular formula is C15H26N2. The highest BCUT2D eigenvalue weighted by Crippen LogP contribution is 2.26. The molecule has 1 aliphatic carbocycles. The zero-order chi connectivity index (χ0) is 12.1. The monoisotopic (exact) mass is 234 g/mol. The average Bonchev–Trinajstić information content (AvgIpc) is 2.91. The maximum absolute atomic E-state index is 3.53. The minimum atomic E-state index is 0.730. The van der Waals surface area contributed by atoms with E-state index in [-0.39, 0.29) is 0 Å². The van der Waals surface area contributed by atoms with Crippen molar-refractivity contribution < 1.29 is 0 Å². The molecule has 2 rings (SSSR count). The average molecular weight is 234 g/mol. The minimum Gasteiger partial charge on any atom is -0.350 e. The molecule has 0 spiro atoms. The number of nitrogens with zero attached hydrogens (tertiary/aromatic N) is 1. The molecule has 1 aromatic rings. The van der Waals surface area contributed by atoms with Gasteiger partial charge in [0.15, 0.2) is 0 Å². The highest BCUT2D eigenvalue weighted by Gasteiger charge is 2.16. The largest absolute Gasteiger partial charge is 0.350 e. The van der Waals surface area contributed by atoms with Crippen LogP contribution in [0.4, 0.5) is 0 Å². The van der Waals surface area contributed by atoms with E-state index in [4.69, 9.17) is 0 Å². The summed E-state index contributed by atoms with van der Waals surface area (Å²) < 4.78 is 2.45. The first-order valence-electron chi connectivity index (χ1n) is 7.10. The van der Waals surface area contributed by atoms with Crippen molar-refractivity contribution in [3.63, 3.8) is 0 Å². The van der Waals surface area contributed by atoms with Gasteiger partial charge in [-0.3, -0.25) is 0 Å². The molecule has 1 N–H and O–H groups in total. The molecule has 96 valence electrons. The van der Waals surface area contributed by atoms with Crippen LogP contribution in [0.3, 0.4) is 0 Å². The van der Waals surface area contributed by atoms with E-state index in [0.717, 1.165) is 24.9 Å². The Balaban J connectivity index is 1.83. The van der Waals surface area contributed by atoms with Gasteiger partial charge in [0.2, 0.25) is 0 Å². The summed E-state index contributed by atoms with van der Waals surface area (Å²) >= 11 is 0. The van der Waals surface area contributed by atoms with Gasteiger partial charge in [0.1, 0.15) is 0 Å². The summed E-state index contributed by atoms with van der Waals surface area (Å²) in [5, 5.41) is 3.53. The van der Waals surface area contributed by atoms with Crippen LogP contribution in [0.1, 0.15) is 45.2 Å². The zero-order valence-corrected chi connectivity index (χ0v) is 11.3. The van der Waals surface area contributed by atoms with Gasteiger partial charge in [-0.15, -0.1) is 0 Å². The molecular weight excluding hydrogens is 208 g/mol. The Kier molecular flexibility index (Phi) is 4.66. The van der Waals surface area contributed by atoms with Crippen molar-refractivity contribution in [3.8, 4) is 0 Å². The zero-order valence-electron chi connectivity index (χ0n) is 11.3. The van der Waals surface area contributed by atoms with Gasteiger partial charge >= 0.3 is 0 Å². The standard InChI is InChI=1S/C15H26N2/c1-13(2)10-16-11-15-8-5-9-17(15)12-14-6-3-4-7-14/h5,8-9,13-14,16H,3-4,6-7,10-12H2,1-2H3. The molecule has 0 unspecified atom stereocenters. The van der Waals surface area contributed by atoms with E-state index >= 15 is 0 Å². The lowest BCUT2D eigenvalue weighted by atomic mass is 10.1. The second-order valence-corrected chi connectivity index (χ2v) is 5.83. The molecule has 2 heteroatoms. The van der Waals surface area contributed by atoms with Gasteiger partial charge in [0.25, 0.3) is 0 Å². The third-order valence-corrected chi connectivity index (χ3v) is 3.71. The number of rotatable bonds is 6. The summed E-state index contributed by atoms with van der Waals surface area (Å²) in [6.07, 6.45) is 7.97. The van der Waals surface area contributed by atoms with Crippen LogP contribution >= 0.6 is 0 Å². The molecule has 1 heterocycles. The Hall–Kier alpha value is -0.760. The lowest BCUT2D eigenvalue weighted by molar-refractivity contribution is 0.442. The Labute approximate surface area is 105 Å². The fourth-order valence-electron chi connectivity index (χ4n) is 2.75. The minimum absolute atomic E-state index is 0.730. The fraction of sp³-hybridized carbons (Fsp3) is 0.733. The SMILES string of the molecule is CC(C)CNCc1cccn1CC1CCCC1. The van der Waals surface area contributed by atoms with Crippen molar-refractivity contribution in [3.05, 3.63) is 24.0 Å². The summed E-state index contributed by atoms with van der Waals surface area (Å²) in [6.45, 7) is 7.85. The van der Waals surface area contributed by atoms with E-state index < -0.39 is 0 Å². The van der Waals surface area contributed by atoms with Gasteiger partial charge in [-0.1, -0.05) is 26.7 Å². The molecule has 1 fully saturated rings. The van der Waals surface area contributed by atoms with E-state index in [1.165, 1.54) is 37.9 Å². The molecule has 0 aromatic carbocycles. The van der Waals surface area contributed by atoms with E-state index in [1.807, 2.05) is 0 Å². The fourth-order valence-corrected chi connectivity index (χ4v) is 2.75. The molecule has 1 aromatic heterocycles. The van der Waals surface area contributed by atoms with Crippen LogP contribution < -0.4 is 5.32 Å². The third kappa shape index (κ3) is 3.88. The second-order valence-electron chi connectivity index (χ2n) is 5.83. The molecule has 1 saturated carbocycles. The van der Waals surface area contributed by atoms with Gasteiger partial charge in [-0.2, -0.15) is 0 Å². The maximum Gasteiger partial charge on any atom is 0.0359 e. The predicted molar refractivity (Wildman–Crippen MR) is 72.9 cm³/mol. The number of nitrogens with one attached hydrogen (secondary N) is 1. The lowest BCUT2D eigenvalue weighted by Crippen LogP contribution is -2.21. The van der Waals surface area contributed by atoms with Gasteiger partial charge in [0.05, 0.1) is 0 Å². The third-order valence-electron chi connectivity index (χ3n) is 3.71. The normalized spacial score (nSPS) is 17.1. The van der Waals surface area contributed by atoms with Crippen LogP contribution in [0.5, 0.6) is 0 Å². The number of hydrogen-bond acceptors (Lipinski definition) is 1.